The highest BCUT2D eigenvalue weighted by Crippen LogP contribution is 2.14. The topological polar surface area (TPSA) is 163 Å². The number of hydrogen-bond donors (Lipinski definition) is 2. The number of methoxy groups -OCH3 is 3. The van der Waals surface area contributed by atoms with E-state index < -0.39 is 22.5 Å². The molecule has 0 atom stereocenters. The van der Waals surface area contributed by atoms with Crippen LogP contribution in [0.15, 0.2) is 101 Å². The average Bonchev–Trinajstić information content (AvgIpc) is 3.08. The summed E-state index contributed by atoms with van der Waals surface area (Å²) in [5, 5.41) is 9.42. The third-order valence-electron chi connectivity index (χ3n) is 6.06. The van der Waals surface area contributed by atoms with Crippen molar-refractivity contribution in [1.29, 1.82) is 0 Å². The third kappa shape index (κ3) is 10.6. The number of aromatic nitrogens is 6. The fraction of sp³-hybridized carbons (Fsp3) is 0.200. The Bertz CT molecular complexity index is 1920. The van der Waals surface area contributed by atoms with Gasteiger partial charge in [-0.1, -0.05) is 36.4 Å². The normalized spacial score (nSPS) is 10.1. The summed E-state index contributed by atoms with van der Waals surface area (Å²) in [7, 11) is 4.82. The number of rotatable bonds is 8. The molecule has 0 unspecified atom stereocenters. The summed E-state index contributed by atoms with van der Waals surface area (Å²) in [4.78, 5) is 47.9. The number of nitrogens with one attached hydrogen (secondary N) is 2. The molecule has 2 heterocycles. The molecule has 0 aliphatic heterocycles. The lowest BCUT2D eigenvalue weighted by Crippen LogP contribution is -2.42. The van der Waals surface area contributed by atoms with Crippen LogP contribution in [-0.4, -0.2) is 50.9 Å². The molecule has 0 spiro atoms. The van der Waals surface area contributed by atoms with Gasteiger partial charge in [0.1, 0.15) is 17.2 Å². The van der Waals surface area contributed by atoms with Crippen molar-refractivity contribution in [3.63, 3.8) is 0 Å². The predicted octanol–water partition coefficient (Wildman–Crippen LogP) is 3.94. The van der Waals surface area contributed by atoms with Crippen LogP contribution in [0.4, 0.5) is 0 Å². The smallest absolute Gasteiger partial charge is 0.348 e. The maximum Gasteiger partial charge on any atom is 0.348 e. The zero-order valence-corrected chi connectivity index (χ0v) is 28.8. The summed E-state index contributed by atoms with van der Waals surface area (Å²) in [5.41, 5.74) is 0.706. The van der Waals surface area contributed by atoms with Crippen LogP contribution in [0.5, 0.6) is 17.2 Å². The quantitative estimate of drug-likeness (QED) is 0.222. The van der Waals surface area contributed by atoms with E-state index in [2.05, 4.69) is 42.1 Å². The van der Waals surface area contributed by atoms with E-state index in [0.717, 1.165) is 32.8 Å². The lowest BCUT2D eigenvalue weighted by molar-refractivity contribution is 0.414. The maximum absolute atomic E-state index is 12.8. The average molecular weight is 781 g/mol. The van der Waals surface area contributed by atoms with Crippen molar-refractivity contribution in [2.24, 2.45) is 0 Å². The highest BCUT2D eigenvalue weighted by Gasteiger charge is 2.12. The highest BCUT2D eigenvalue weighted by atomic mass is 79.9. The maximum atomic E-state index is 12.8. The Morgan fingerprint density at radius 2 is 1.15 bits per heavy atom. The Labute approximate surface area is 284 Å². The van der Waals surface area contributed by atoms with Crippen molar-refractivity contribution >= 4 is 43.5 Å². The molecule has 0 saturated carbocycles. The Balaban J connectivity index is 0.000000246. The van der Waals surface area contributed by atoms with Gasteiger partial charge in [0.05, 0.1) is 34.4 Å². The molecule has 46 heavy (non-hydrogen) atoms. The summed E-state index contributed by atoms with van der Waals surface area (Å²) in [6, 6.07) is 22.2. The molecule has 5 aromatic rings. The first kappa shape index (κ1) is 36.0. The lowest BCUT2D eigenvalue weighted by atomic mass is 10.2. The van der Waals surface area contributed by atoms with Crippen molar-refractivity contribution in [2.75, 3.05) is 21.3 Å². The van der Waals surface area contributed by atoms with Gasteiger partial charge in [-0.2, -0.15) is 10.2 Å². The van der Waals surface area contributed by atoms with Crippen LogP contribution >= 0.6 is 43.5 Å². The number of aromatic amines is 2. The van der Waals surface area contributed by atoms with Crippen molar-refractivity contribution in [2.45, 2.75) is 19.0 Å². The number of halogens is 3. The molecule has 3 aromatic carbocycles. The molecule has 0 fully saturated rings. The van der Waals surface area contributed by atoms with Gasteiger partial charge in [-0.25, -0.2) is 19.4 Å². The zero-order chi connectivity index (χ0) is 33.6. The monoisotopic (exact) mass is 778 g/mol. The molecule has 0 radical (unpaired) electrons. The van der Waals surface area contributed by atoms with E-state index >= 15 is 0 Å². The van der Waals surface area contributed by atoms with Crippen LogP contribution < -0.4 is 36.7 Å². The molecule has 0 saturated heterocycles. The van der Waals surface area contributed by atoms with Crippen molar-refractivity contribution in [3.8, 4) is 17.2 Å². The van der Waals surface area contributed by atoms with Crippen LogP contribution in [0.25, 0.3) is 0 Å². The summed E-state index contributed by atoms with van der Waals surface area (Å²) in [6.07, 6.45) is 0. The number of H-pyrrole nitrogens is 2. The van der Waals surface area contributed by atoms with Gasteiger partial charge in [0.25, 0.3) is 11.1 Å². The van der Waals surface area contributed by atoms with Gasteiger partial charge in [-0.05, 0) is 84.9 Å². The van der Waals surface area contributed by atoms with Gasteiger partial charge in [0, 0.05) is 5.88 Å². The van der Waals surface area contributed by atoms with Crippen LogP contribution in [0.3, 0.4) is 0 Å². The van der Waals surface area contributed by atoms with Crippen molar-refractivity contribution in [3.05, 3.63) is 140 Å². The SMILES string of the molecule is COc1ccc(CCl)cc1.COc1ccc(Cn2nc(Br)c(=O)n(Cc3ccc(OC)cc3)c2=O)cc1.O=c1[nH]nc(Br)c(=O)[nH]1. The van der Waals surface area contributed by atoms with Crippen LogP contribution in [0, 0.1) is 0 Å². The van der Waals surface area contributed by atoms with E-state index in [4.69, 9.17) is 25.8 Å². The zero-order valence-electron chi connectivity index (χ0n) is 24.8. The minimum atomic E-state index is -0.608. The summed E-state index contributed by atoms with van der Waals surface area (Å²) < 4.78 is 17.8. The molecule has 2 aromatic heterocycles. The van der Waals surface area contributed by atoms with E-state index in [1.165, 1.54) is 4.68 Å². The number of ether oxygens (including phenoxy) is 3. The van der Waals surface area contributed by atoms with Crippen LogP contribution in [-0.2, 0) is 19.0 Å². The Hall–Kier alpha value is -4.47. The first-order chi connectivity index (χ1) is 22.1. The molecule has 0 bridgehead atoms. The van der Waals surface area contributed by atoms with Gasteiger partial charge in [0.2, 0.25) is 0 Å². The van der Waals surface area contributed by atoms with E-state index in [1.807, 2.05) is 70.7 Å². The molecule has 5 rings (SSSR count). The van der Waals surface area contributed by atoms with Gasteiger partial charge >= 0.3 is 11.4 Å². The largest absolute Gasteiger partial charge is 0.497 e. The second-order valence-electron chi connectivity index (χ2n) is 9.10. The second-order valence-corrected chi connectivity index (χ2v) is 10.9. The first-order valence-corrected chi connectivity index (χ1v) is 15.4. The third-order valence-corrected chi connectivity index (χ3v) is 7.40. The summed E-state index contributed by atoms with van der Waals surface area (Å²) in [5.74, 6) is 2.86. The van der Waals surface area contributed by atoms with E-state index in [-0.39, 0.29) is 22.3 Å². The Morgan fingerprint density at radius 1 is 0.696 bits per heavy atom. The number of hydrogen-bond acceptors (Lipinski definition) is 9. The first-order valence-electron chi connectivity index (χ1n) is 13.2. The molecule has 0 aliphatic rings. The van der Waals surface area contributed by atoms with Crippen molar-refractivity contribution < 1.29 is 14.2 Å². The second kappa shape index (κ2) is 17.9. The number of alkyl halides is 1. The number of nitrogens with zero attached hydrogens (tertiary/aromatic N) is 4. The van der Waals surface area contributed by atoms with E-state index in [0.29, 0.717) is 11.6 Å². The molecule has 16 heteroatoms. The summed E-state index contributed by atoms with van der Waals surface area (Å²) in [6.45, 7) is 0.385. The Morgan fingerprint density at radius 3 is 1.57 bits per heavy atom. The van der Waals surface area contributed by atoms with E-state index in [9.17, 15) is 19.2 Å². The highest BCUT2D eigenvalue weighted by molar-refractivity contribution is 9.10. The van der Waals surface area contributed by atoms with Crippen LogP contribution in [0.2, 0.25) is 0 Å². The molecule has 0 aliphatic carbocycles. The molecular formula is C30H29Br2ClN6O7. The standard InChI is InChI=1S/C19H18BrN3O4.C8H9ClO.C3H2BrN3O2/c1-26-15-7-3-13(4-8-15)11-22-18(24)17(20)21-23(19(22)25)12-14-5-9-16(27-2)10-6-14;1-10-8-4-2-7(6-9)3-5-8;4-1-2(8)5-3(9)7-6-1/h3-10H,11-12H2,1-2H3;2-5H,6H2,1H3;(H2,5,7,8,9). The van der Waals surface area contributed by atoms with Gasteiger partial charge in [0.15, 0.2) is 9.21 Å². The van der Waals surface area contributed by atoms with Gasteiger partial charge < -0.3 is 14.2 Å². The predicted molar refractivity (Wildman–Crippen MR) is 180 cm³/mol. The van der Waals surface area contributed by atoms with Crippen LogP contribution in [0.1, 0.15) is 16.7 Å². The fourth-order valence-corrected chi connectivity index (χ4v) is 4.41. The fourth-order valence-electron chi connectivity index (χ4n) is 3.64. The number of benzene rings is 3. The molecule has 0 amide bonds. The minimum absolute atomic E-state index is 0.0714. The molecule has 13 nitrogen and oxygen atoms in total. The van der Waals surface area contributed by atoms with Gasteiger partial charge in [-0.15, -0.1) is 11.6 Å². The van der Waals surface area contributed by atoms with E-state index in [1.54, 1.807) is 33.5 Å². The lowest BCUT2D eigenvalue weighted by Gasteiger charge is -2.11. The van der Waals surface area contributed by atoms with Gasteiger partial charge in [-0.3, -0.25) is 19.1 Å². The minimum Gasteiger partial charge on any atom is -0.497 e. The molecule has 242 valence electrons. The summed E-state index contributed by atoms with van der Waals surface area (Å²) >= 11 is 11.5. The van der Waals surface area contributed by atoms with Crippen molar-refractivity contribution in [1.82, 2.24) is 29.5 Å². The molecular weight excluding hydrogens is 752 g/mol. The Kier molecular flexibility index (Phi) is 14.0. The molecule has 2 N–H and O–H groups in total.